The fourth-order valence-corrected chi connectivity index (χ4v) is 3.68. The summed E-state index contributed by atoms with van der Waals surface area (Å²) >= 11 is 0. The molecule has 4 nitrogen and oxygen atoms in total. The highest BCUT2D eigenvalue weighted by Crippen LogP contribution is 2.37. The fraction of sp³-hybridized carbons (Fsp3) is 0. The van der Waals surface area contributed by atoms with Crippen LogP contribution in [0.15, 0.2) is 97.1 Å². The molecule has 1 N–H and O–H groups in total. The van der Waals surface area contributed by atoms with E-state index in [4.69, 9.17) is 4.74 Å². The maximum absolute atomic E-state index is 13.7. The third kappa shape index (κ3) is 4.91. The van der Waals surface area contributed by atoms with Gasteiger partial charge in [0, 0.05) is 0 Å². The molecule has 0 bridgehead atoms. The predicted octanol–water partition coefficient (Wildman–Crippen LogP) is 6.21. The molecule has 0 aliphatic rings. The maximum Gasteiger partial charge on any atom is 0.335 e. The van der Waals surface area contributed by atoms with Crippen molar-refractivity contribution in [2.24, 2.45) is 0 Å². The standard InChI is InChI=1S/C28H18F2O4/c29-23-11-5-19(6-12-23)26(18-1-3-22(4-2-18)28(32)33)27(20-7-13-24(30)14-8-20)21-9-15-25(16-10-21)34-17-31/h1-17H,(H,32,33)/b27-26-. The van der Waals surface area contributed by atoms with Gasteiger partial charge < -0.3 is 9.84 Å². The van der Waals surface area contributed by atoms with Crippen LogP contribution in [-0.4, -0.2) is 17.5 Å². The number of benzene rings is 4. The van der Waals surface area contributed by atoms with E-state index < -0.39 is 17.6 Å². The van der Waals surface area contributed by atoms with Crippen LogP contribution in [0.5, 0.6) is 5.75 Å². The summed E-state index contributed by atoms with van der Waals surface area (Å²) in [6.07, 6.45) is 0. The number of rotatable bonds is 7. The average molecular weight is 456 g/mol. The van der Waals surface area contributed by atoms with Gasteiger partial charge >= 0.3 is 5.97 Å². The summed E-state index contributed by atoms with van der Waals surface area (Å²) in [6.45, 7) is 0.333. The van der Waals surface area contributed by atoms with Gasteiger partial charge in [0.1, 0.15) is 17.4 Å². The van der Waals surface area contributed by atoms with Gasteiger partial charge in [-0.2, -0.15) is 0 Å². The van der Waals surface area contributed by atoms with Crippen LogP contribution in [0.25, 0.3) is 11.1 Å². The molecule has 0 spiro atoms. The van der Waals surface area contributed by atoms with E-state index in [2.05, 4.69) is 0 Å². The molecule has 0 amide bonds. The van der Waals surface area contributed by atoms with Crippen LogP contribution in [-0.2, 0) is 4.79 Å². The number of ether oxygens (including phenoxy) is 1. The van der Waals surface area contributed by atoms with Gasteiger partial charge in [-0.15, -0.1) is 0 Å². The van der Waals surface area contributed by atoms with E-state index in [0.29, 0.717) is 40.1 Å². The normalized spacial score (nSPS) is 11.5. The van der Waals surface area contributed by atoms with Crippen LogP contribution in [0.4, 0.5) is 8.78 Å². The number of hydrogen-bond acceptors (Lipinski definition) is 3. The van der Waals surface area contributed by atoms with Crippen LogP contribution in [0.1, 0.15) is 32.6 Å². The fourth-order valence-electron chi connectivity index (χ4n) is 3.68. The highest BCUT2D eigenvalue weighted by atomic mass is 19.1. The highest BCUT2D eigenvalue weighted by Gasteiger charge is 2.17. The lowest BCUT2D eigenvalue weighted by molar-refractivity contribution is -0.120. The van der Waals surface area contributed by atoms with Gasteiger partial charge in [0.05, 0.1) is 5.56 Å². The number of aromatic carboxylic acids is 1. The number of carboxylic acid groups (broad SMARTS) is 1. The summed E-state index contributed by atoms with van der Waals surface area (Å²) in [5, 5.41) is 9.30. The molecule has 0 saturated carbocycles. The molecule has 6 heteroatoms. The molecule has 0 saturated heterocycles. The molecule has 0 aromatic heterocycles. The van der Waals surface area contributed by atoms with Crippen LogP contribution < -0.4 is 4.74 Å². The first kappa shape index (κ1) is 22.6. The molecular weight excluding hydrogens is 438 g/mol. The Bertz CT molecular complexity index is 1340. The van der Waals surface area contributed by atoms with Crippen molar-refractivity contribution in [1.82, 2.24) is 0 Å². The summed E-state index contributed by atoms with van der Waals surface area (Å²) in [7, 11) is 0. The first-order valence-electron chi connectivity index (χ1n) is 10.3. The van der Waals surface area contributed by atoms with E-state index in [0.717, 1.165) is 5.56 Å². The molecule has 0 heterocycles. The van der Waals surface area contributed by atoms with Crippen molar-refractivity contribution < 1.29 is 28.2 Å². The Hall–Kier alpha value is -4.58. The van der Waals surface area contributed by atoms with Crippen molar-refractivity contribution in [2.75, 3.05) is 0 Å². The molecule has 0 unspecified atom stereocenters. The van der Waals surface area contributed by atoms with Crippen LogP contribution in [0.2, 0.25) is 0 Å². The molecule has 0 aliphatic heterocycles. The second-order valence-electron chi connectivity index (χ2n) is 7.38. The first-order valence-corrected chi connectivity index (χ1v) is 10.3. The predicted molar refractivity (Wildman–Crippen MR) is 124 cm³/mol. The van der Waals surface area contributed by atoms with Gasteiger partial charge in [0.2, 0.25) is 0 Å². The smallest absolute Gasteiger partial charge is 0.335 e. The number of carbonyl (C=O) groups excluding carboxylic acids is 1. The minimum absolute atomic E-state index is 0.126. The summed E-state index contributed by atoms with van der Waals surface area (Å²) < 4.78 is 32.4. The maximum atomic E-state index is 13.7. The van der Waals surface area contributed by atoms with Gasteiger partial charge in [-0.25, -0.2) is 13.6 Å². The third-order valence-electron chi connectivity index (χ3n) is 5.26. The van der Waals surface area contributed by atoms with Gasteiger partial charge in [-0.05, 0) is 81.9 Å². The van der Waals surface area contributed by atoms with Crippen molar-refractivity contribution in [1.29, 1.82) is 0 Å². The number of halogens is 2. The lowest BCUT2D eigenvalue weighted by atomic mass is 9.85. The van der Waals surface area contributed by atoms with E-state index in [1.807, 2.05) is 0 Å². The zero-order valence-electron chi connectivity index (χ0n) is 17.7. The number of carbonyl (C=O) groups is 2. The van der Waals surface area contributed by atoms with Crippen molar-refractivity contribution in [3.63, 3.8) is 0 Å². The Morgan fingerprint density at radius 2 is 0.912 bits per heavy atom. The molecule has 168 valence electrons. The topological polar surface area (TPSA) is 63.6 Å². The molecule has 0 atom stereocenters. The van der Waals surface area contributed by atoms with Gasteiger partial charge in [0.25, 0.3) is 6.47 Å². The van der Waals surface area contributed by atoms with Crippen molar-refractivity contribution in [3.8, 4) is 5.75 Å². The van der Waals surface area contributed by atoms with Crippen LogP contribution >= 0.6 is 0 Å². The third-order valence-corrected chi connectivity index (χ3v) is 5.26. The molecule has 4 aromatic rings. The minimum Gasteiger partial charge on any atom is -0.478 e. The summed E-state index contributed by atoms with van der Waals surface area (Å²) in [4.78, 5) is 22.0. The molecule has 0 aliphatic carbocycles. The SMILES string of the molecule is O=COc1ccc(/C(=C(\c2ccc(F)cc2)c2ccc(C(=O)O)cc2)c2ccc(F)cc2)cc1. The Balaban J connectivity index is 2.03. The quantitative estimate of drug-likeness (QED) is 0.265. The van der Waals surface area contributed by atoms with Crippen molar-refractivity contribution in [2.45, 2.75) is 0 Å². The average Bonchev–Trinajstić information content (AvgIpc) is 2.85. The van der Waals surface area contributed by atoms with E-state index in [1.165, 1.54) is 36.4 Å². The van der Waals surface area contributed by atoms with Crippen molar-refractivity contribution >= 4 is 23.6 Å². The molecule has 0 radical (unpaired) electrons. The number of carboxylic acids is 1. The van der Waals surface area contributed by atoms with Crippen molar-refractivity contribution in [3.05, 3.63) is 137 Å². The lowest BCUT2D eigenvalue weighted by Gasteiger charge is -2.18. The molecule has 0 fully saturated rings. The Morgan fingerprint density at radius 1 is 0.588 bits per heavy atom. The van der Waals surface area contributed by atoms with E-state index in [1.54, 1.807) is 60.7 Å². The Kier molecular flexibility index (Phi) is 6.59. The summed E-state index contributed by atoms with van der Waals surface area (Å²) in [5.41, 5.74) is 4.29. The van der Waals surface area contributed by atoms with Gasteiger partial charge in [-0.3, -0.25) is 4.79 Å². The molecule has 4 rings (SSSR count). The largest absolute Gasteiger partial charge is 0.478 e. The Morgan fingerprint density at radius 3 is 1.26 bits per heavy atom. The summed E-state index contributed by atoms with van der Waals surface area (Å²) in [5.74, 6) is -1.50. The molecule has 4 aromatic carbocycles. The minimum atomic E-state index is -1.05. The van der Waals surface area contributed by atoms with Gasteiger partial charge in [-0.1, -0.05) is 48.5 Å². The zero-order chi connectivity index (χ0) is 24.1. The van der Waals surface area contributed by atoms with E-state index in [9.17, 15) is 23.5 Å². The highest BCUT2D eigenvalue weighted by molar-refractivity contribution is 6.04. The Labute approximate surface area is 194 Å². The lowest BCUT2D eigenvalue weighted by Crippen LogP contribution is -2.00. The molecule has 34 heavy (non-hydrogen) atoms. The zero-order valence-corrected chi connectivity index (χ0v) is 17.7. The first-order chi connectivity index (χ1) is 16.5. The second kappa shape index (κ2) is 9.92. The van der Waals surface area contributed by atoms with E-state index >= 15 is 0 Å². The molecular formula is C28H18F2O4. The summed E-state index contributed by atoms with van der Waals surface area (Å²) in [6, 6.07) is 25.0. The van der Waals surface area contributed by atoms with E-state index in [-0.39, 0.29) is 5.56 Å². The van der Waals surface area contributed by atoms with Crippen LogP contribution in [0, 0.1) is 11.6 Å². The second-order valence-corrected chi connectivity index (χ2v) is 7.38. The number of hydrogen-bond donors (Lipinski definition) is 1. The van der Waals surface area contributed by atoms with Crippen LogP contribution in [0.3, 0.4) is 0 Å². The monoisotopic (exact) mass is 456 g/mol. The van der Waals surface area contributed by atoms with Gasteiger partial charge in [0.15, 0.2) is 0 Å².